The van der Waals surface area contributed by atoms with Gasteiger partial charge in [-0.1, -0.05) is 40.0 Å². The van der Waals surface area contributed by atoms with Crippen molar-refractivity contribution in [1.29, 1.82) is 0 Å². The average Bonchev–Trinajstić information content (AvgIpc) is 2.39. The molecule has 0 saturated heterocycles. The molecule has 1 rings (SSSR count). The molecular formula is C15H32N2. The Morgan fingerprint density at radius 3 is 2.41 bits per heavy atom. The molecule has 3 atom stereocenters. The lowest BCUT2D eigenvalue weighted by atomic mass is 9.82. The fourth-order valence-electron chi connectivity index (χ4n) is 3.60. The lowest BCUT2D eigenvalue weighted by Gasteiger charge is -2.43. The third kappa shape index (κ3) is 3.96. The third-order valence-corrected chi connectivity index (χ3v) is 4.53. The third-order valence-electron chi connectivity index (χ3n) is 4.53. The normalized spacial score (nSPS) is 27.4. The lowest BCUT2D eigenvalue weighted by Crippen LogP contribution is -2.49. The summed E-state index contributed by atoms with van der Waals surface area (Å²) in [5.74, 6) is 0.745. The molecule has 0 radical (unpaired) electrons. The van der Waals surface area contributed by atoms with Gasteiger partial charge in [-0.25, -0.2) is 0 Å². The smallest absolute Gasteiger partial charge is 0.0138 e. The first-order chi connectivity index (χ1) is 8.28. The minimum absolute atomic E-state index is 0.745. The summed E-state index contributed by atoms with van der Waals surface area (Å²) in [5.41, 5.74) is 5.98. The van der Waals surface area contributed by atoms with Crippen molar-refractivity contribution < 1.29 is 0 Å². The highest BCUT2D eigenvalue weighted by molar-refractivity contribution is 4.86. The summed E-state index contributed by atoms with van der Waals surface area (Å²) in [7, 11) is 0. The van der Waals surface area contributed by atoms with E-state index in [2.05, 4.69) is 25.7 Å². The lowest BCUT2D eigenvalue weighted by molar-refractivity contribution is 0.0641. The number of rotatable bonds is 7. The molecule has 2 heteroatoms. The zero-order chi connectivity index (χ0) is 12.7. The van der Waals surface area contributed by atoms with Crippen LogP contribution in [-0.2, 0) is 0 Å². The molecule has 0 bridgehead atoms. The van der Waals surface area contributed by atoms with Crippen LogP contribution >= 0.6 is 0 Å². The van der Waals surface area contributed by atoms with Gasteiger partial charge < -0.3 is 5.73 Å². The highest BCUT2D eigenvalue weighted by atomic mass is 15.2. The van der Waals surface area contributed by atoms with Gasteiger partial charge in [0, 0.05) is 12.1 Å². The van der Waals surface area contributed by atoms with Crippen LogP contribution in [0.1, 0.15) is 65.7 Å². The van der Waals surface area contributed by atoms with Crippen molar-refractivity contribution in [2.75, 3.05) is 13.1 Å². The summed E-state index contributed by atoms with van der Waals surface area (Å²) in [4.78, 5) is 2.76. The van der Waals surface area contributed by atoms with Crippen molar-refractivity contribution in [3.8, 4) is 0 Å². The fraction of sp³-hybridized carbons (Fsp3) is 1.00. The summed E-state index contributed by atoms with van der Waals surface area (Å²) in [5, 5.41) is 0. The number of hydrogen-bond donors (Lipinski definition) is 1. The van der Waals surface area contributed by atoms with Gasteiger partial charge in [0.05, 0.1) is 0 Å². The van der Waals surface area contributed by atoms with Crippen LogP contribution in [-0.4, -0.2) is 30.1 Å². The summed E-state index contributed by atoms with van der Waals surface area (Å²) in [6, 6.07) is 1.54. The van der Waals surface area contributed by atoms with Crippen LogP contribution in [0.3, 0.4) is 0 Å². The molecule has 0 aromatic rings. The van der Waals surface area contributed by atoms with Crippen molar-refractivity contribution in [2.45, 2.75) is 77.8 Å². The zero-order valence-corrected chi connectivity index (χ0v) is 12.1. The molecule has 2 N–H and O–H groups in total. The Bertz CT molecular complexity index is 193. The minimum atomic E-state index is 0.745. The van der Waals surface area contributed by atoms with Gasteiger partial charge >= 0.3 is 0 Å². The zero-order valence-electron chi connectivity index (χ0n) is 12.1. The van der Waals surface area contributed by atoms with E-state index in [-0.39, 0.29) is 0 Å². The van der Waals surface area contributed by atoms with Gasteiger partial charge in [0.2, 0.25) is 0 Å². The number of hydrogen-bond acceptors (Lipinski definition) is 2. The molecule has 0 amide bonds. The van der Waals surface area contributed by atoms with E-state index < -0.39 is 0 Å². The van der Waals surface area contributed by atoms with Crippen molar-refractivity contribution in [3.63, 3.8) is 0 Å². The molecule has 0 aromatic carbocycles. The molecule has 0 aliphatic heterocycles. The highest BCUT2D eigenvalue weighted by Gasteiger charge is 2.31. The van der Waals surface area contributed by atoms with E-state index in [4.69, 9.17) is 5.73 Å². The maximum absolute atomic E-state index is 5.98. The molecule has 0 heterocycles. The van der Waals surface area contributed by atoms with Crippen LogP contribution in [0.25, 0.3) is 0 Å². The molecule has 1 fully saturated rings. The Morgan fingerprint density at radius 1 is 1.18 bits per heavy atom. The van der Waals surface area contributed by atoms with Gasteiger partial charge in [0.15, 0.2) is 0 Å². The Morgan fingerprint density at radius 2 is 1.88 bits per heavy atom. The quantitative estimate of drug-likeness (QED) is 0.739. The van der Waals surface area contributed by atoms with E-state index in [0.717, 1.165) is 24.5 Å². The van der Waals surface area contributed by atoms with Crippen LogP contribution in [0.4, 0.5) is 0 Å². The first-order valence-corrected chi connectivity index (χ1v) is 7.74. The first-order valence-electron chi connectivity index (χ1n) is 7.74. The number of nitrogens with zero attached hydrogens (tertiary/aromatic N) is 1. The highest BCUT2D eigenvalue weighted by Crippen LogP contribution is 2.30. The van der Waals surface area contributed by atoms with Crippen molar-refractivity contribution in [3.05, 3.63) is 0 Å². The van der Waals surface area contributed by atoms with Gasteiger partial charge in [0.25, 0.3) is 0 Å². The topological polar surface area (TPSA) is 29.3 Å². The summed E-state index contributed by atoms with van der Waals surface area (Å²) >= 11 is 0. The average molecular weight is 240 g/mol. The Kier molecular flexibility index (Phi) is 7.14. The second kappa shape index (κ2) is 8.10. The summed E-state index contributed by atoms with van der Waals surface area (Å²) < 4.78 is 0. The van der Waals surface area contributed by atoms with E-state index in [1.165, 1.54) is 51.5 Å². The van der Waals surface area contributed by atoms with Gasteiger partial charge in [-0.2, -0.15) is 0 Å². The molecule has 3 unspecified atom stereocenters. The van der Waals surface area contributed by atoms with E-state index >= 15 is 0 Å². The van der Waals surface area contributed by atoms with Crippen molar-refractivity contribution in [1.82, 2.24) is 4.90 Å². The Labute approximate surface area is 108 Å². The molecule has 2 nitrogen and oxygen atoms in total. The molecule has 0 aromatic heterocycles. The van der Waals surface area contributed by atoms with Crippen LogP contribution in [0.2, 0.25) is 0 Å². The molecule has 1 aliphatic carbocycles. The second-order valence-electron chi connectivity index (χ2n) is 5.53. The maximum Gasteiger partial charge on any atom is 0.0138 e. The van der Waals surface area contributed by atoms with E-state index in [1.807, 2.05) is 0 Å². The van der Waals surface area contributed by atoms with Crippen LogP contribution < -0.4 is 5.73 Å². The molecular weight excluding hydrogens is 208 g/mol. The monoisotopic (exact) mass is 240 g/mol. The molecule has 0 spiro atoms. The largest absolute Gasteiger partial charge is 0.330 e. The Hall–Kier alpha value is -0.0800. The number of nitrogens with two attached hydrogens (primary N) is 1. The maximum atomic E-state index is 5.98. The standard InChI is InChI=1S/C15H32N2/c1-4-9-14(5-2)17(6-3)15-11-8-7-10-13(15)12-16/h13-15H,4-12,16H2,1-3H3. The molecule has 102 valence electrons. The van der Waals surface area contributed by atoms with E-state index in [9.17, 15) is 0 Å². The van der Waals surface area contributed by atoms with Gasteiger partial charge in [-0.3, -0.25) is 4.90 Å². The minimum Gasteiger partial charge on any atom is -0.330 e. The SMILES string of the molecule is CCCC(CC)N(CC)C1CCCCC1CN. The summed E-state index contributed by atoms with van der Waals surface area (Å²) in [6.07, 6.45) is 9.44. The molecule has 1 saturated carbocycles. The van der Waals surface area contributed by atoms with Gasteiger partial charge in [-0.15, -0.1) is 0 Å². The van der Waals surface area contributed by atoms with Gasteiger partial charge in [-0.05, 0) is 44.7 Å². The van der Waals surface area contributed by atoms with E-state index in [0.29, 0.717) is 0 Å². The molecule has 17 heavy (non-hydrogen) atoms. The first kappa shape index (κ1) is 15.0. The summed E-state index contributed by atoms with van der Waals surface area (Å²) in [6.45, 7) is 9.03. The molecule has 1 aliphatic rings. The predicted octanol–water partition coefficient (Wildman–Crippen LogP) is 3.40. The van der Waals surface area contributed by atoms with Crippen molar-refractivity contribution in [2.24, 2.45) is 11.7 Å². The van der Waals surface area contributed by atoms with Crippen LogP contribution in [0.15, 0.2) is 0 Å². The fourth-order valence-corrected chi connectivity index (χ4v) is 3.60. The Balaban J connectivity index is 2.68. The van der Waals surface area contributed by atoms with Crippen LogP contribution in [0, 0.1) is 5.92 Å². The second-order valence-corrected chi connectivity index (χ2v) is 5.53. The van der Waals surface area contributed by atoms with Crippen LogP contribution in [0.5, 0.6) is 0 Å². The van der Waals surface area contributed by atoms with Crippen molar-refractivity contribution >= 4 is 0 Å². The van der Waals surface area contributed by atoms with Gasteiger partial charge in [0.1, 0.15) is 0 Å². The predicted molar refractivity (Wildman–Crippen MR) is 76.2 cm³/mol. The van der Waals surface area contributed by atoms with E-state index in [1.54, 1.807) is 0 Å².